The second-order valence-electron chi connectivity index (χ2n) is 5.11. The maximum absolute atomic E-state index is 12.5. The number of nitrogens with one attached hydrogen (secondary N) is 1. The zero-order valence-corrected chi connectivity index (χ0v) is 13.5. The molecular formula is C16H22N4O2. The van der Waals surface area contributed by atoms with Gasteiger partial charge in [0.2, 0.25) is 5.88 Å². The number of aromatic nitrogens is 3. The average Bonchev–Trinajstić information content (AvgIpc) is 2.90. The number of ether oxygens (including phenoxy) is 1. The van der Waals surface area contributed by atoms with Crippen molar-refractivity contribution in [2.75, 3.05) is 12.4 Å². The van der Waals surface area contributed by atoms with Crippen LogP contribution >= 0.6 is 0 Å². The molecule has 118 valence electrons. The molecule has 0 saturated heterocycles. The fourth-order valence-electron chi connectivity index (χ4n) is 2.42. The van der Waals surface area contributed by atoms with Gasteiger partial charge in [0, 0.05) is 11.8 Å². The number of aryl methyl sites for hydroxylation is 1. The molecule has 0 fully saturated rings. The molecule has 0 aliphatic carbocycles. The van der Waals surface area contributed by atoms with Crippen LogP contribution in [-0.2, 0) is 0 Å². The first-order chi connectivity index (χ1) is 10.6. The number of carbonyl (C=O) groups is 1. The van der Waals surface area contributed by atoms with Gasteiger partial charge in [-0.05, 0) is 31.9 Å². The van der Waals surface area contributed by atoms with E-state index in [0.717, 1.165) is 24.2 Å². The van der Waals surface area contributed by atoms with Crippen molar-refractivity contribution in [2.45, 2.75) is 39.7 Å². The van der Waals surface area contributed by atoms with Crippen LogP contribution in [0.15, 0.2) is 24.5 Å². The second kappa shape index (κ2) is 7.06. The van der Waals surface area contributed by atoms with Crippen molar-refractivity contribution >= 4 is 11.7 Å². The van der Waals surface area contributed by atoms with E-state index in [1.54, 1.807) is 24.5 Å². The minimum Gasteiger partial charge on any atom is -0.480 e. The Kier molecular flexibility index (Phi) is 5.14. The first kappa shape index (κ1) is 16.0. The Morgan fingerprint density at radius 2 is 2.14 bits per heavy atom. The van der Waals surface area contributed by atoms with Crippen LogP contribution in [0.3, 0.4) is 0 Å². The fraction of sp³-hybridized carbons (Fsp3) is 0.438. The van der Waals surface area contributed by atoms with Gasteiger partial charge in [0.15, 0.2) is 0 Å². The first-order valence-electron chi connectivity index (χ1n) is 7.46. The lowest BCUT2D eigenvalue weighted by Gasteiger charge is -2.18. The SMILES string of the molecule is CCC(CC)n1ncc(C)c1NC(=O)c1cccnc1OC. The third-order valence-electron chi connectivity index (χ3n) is 3.71. The van der Waals surface area contributed by atoms with Crippen molar-refractivity contribution < 1.29 is 9.53 Å². The predicted octanol–water partition coefficient (Wildman–Crippen LogP) is 3.21. The fourth-order valence-corrected chi connectivity index (χ4v) is 2.42. The van der Waals surface area contributed by atoms with E-state index in [0.29, 0.717) is 11.4 Å². The van der Waals surface area contributed by atoms with Gasteiger partial charge in [-0.25, -0.2) is 9.67 Å². The van der Waals surface area contributed by atoms with Crippen LogP contribution < -0.4 is 10.1 Å². The highest BCUT2D eigenvalue weighted by Crippen LogP contribution is 2.25. The molecule has 0 bridgehead atoms. The Morgan fingerprint density at radius 1 is 1.41 bits per heavy atom. The first-order valence-corrected chi connectivity index (χ1v) is 7.46. The van der Waals surface area contributed by atoms with Gasteiger partial charge >= 0.3 is 0 Å². The zero-order valence-electron chi connectivity index (χ0n) is 13.5. The molecule has 0 saturated carbocycles. The highest BCUT2D eigenvalue weighted by Gasteiger charge is 2.19. The normalized spacial score (nSPS) is 10.8. The summed E-state index contributed by atoms with van der Waals surface area (Å²) in [4.78, 5) is 16.6. The van der Waals surface area contributed by atoms with Crippen molar-refractivity contribution in [2.24, 2.45) is 0 Å². The van der Waals surface area contributed by atoms with E-state index < -0.39 is 0 Å². The van der Waals surface area contributed by atoms with Gasteiger partial charge in [0.25, 0.3) is 5.91 Å². The summed E-state index contributed by atoms with van der Waals surface area (Å²) in [6.07, 6.45) is 5.27. The van der Waals surface area contributed by atoms with Crippen LogP contribution in [-0.4, -0.2) is 27.8 Å². The zero-order chi connectivity index (χ0) is 16.1. The Bertz CT molecular complexity index is 647. The molecule has 0 radical (unpaired) electrons. The summed E-state index contributed by atoms with van der Waals surface area (Å²) in [5.74, 6) is 0.789. The number of amides is 1. The Balaban J connectivity index is 2.31. The number of methoxy groups -OCH3 is 1. The van der Waals surface area contributed by atoms with E-state index in [9.17, 15) is 4.79 Å². The molecule has 0 unspecified atom stereocenters. The summed E-state index contributed by atoms with van der Waals surface area (Å²) in [6.45, 7) is 6.16. The number of anilines is 1. The molecule has 1 amide bonds. The molecule has 0 atom stereocenters. The van der Waals surface area contributed by atoms with Gasteiger partial charge in [0.1, 0.15) is 11.4 Å². The number of hydrogen-bond acceptors (Lipinski definition) is 4. The molecular weight excluding hydrogens is 280 g/mol. The molecule has 2 aromatic heterocycles. The van der Waals surface area contributed by atoms with Crippen molar-refractivity contribution in [3.8, 4) is 5.88 Å². The lowest BCUT2D eigenvalue weighted by molar-refractivity contribution is 0.102. The van der Waals surface area contributed by atoms with Crippen LogP contribution in [0.5, 0.6) is 5.88 Å². The third-order valence-corrected chi connectivity index (χ3v) is 3.71. The van der Waals surface area contributed by atoms with Gasteiger partial charge < -0.3 is 10.1 Å². The molecule has 0 aromatic carbocycles. The lowest BCUT2D eigenvalue weighted by Crippen LogP contribution is -2.19. The topological polar surface area (TPSA) is 69.0 Å². The molecule has 0 aliphatic rings. The van der Waals surface area contributed by atoms with Crippen LogP contribution in [0.2, 0.25) is 0 Å². The Hall–Kier alpha value is -2.37. The highest BCUT2D eigenvalue weighted by atomic mass is 16.5. The van der Waals surface area contributed by atoms with E-state index in [4.69, 9.17) is 4.74 Å². The second-order valence-corrected chi connectivity index (χ2v) is 5.11. The van der Waals surface area contributed by atoms with Crippen LogP contribution in [0.1, 0.15) is 48.7 Å². The quantitative estimate of drug-likeness (QED) is 0.889. The smallest absolute Gasteiger partial charge is 0.262 e. The Morgan fingerprint density at radius 3 is 2.77 bits per heavy atom. The van der Waals surface area contributed by atoms with E-state index in [1.165, 1.54) is 7.11 Å². The van der Waals surface area contributed by atoms with E-state index in [2.05, 4.69) is 29.2 Å². The van der Waals surface area contributed by atoms with Crippen molar-refractivity contribution in [1.29, 1.82) is 0 Å². The maximum Gasteiger partial charge on any atom is 0.262 e. The van der Waals surface area contributed by atoms with Crippen LogP contribution in [0, 0.1) is 6.92 Å². The Labute approximate surface area is 130 Å². The molecule has 0 spiro atoms. The molecule has 2 heterocycles. The monoisotopic (exact) mass is 302 g/mol. The molecule has 6 nitrogen and oxygen atoms in total. The number of carbonyl (C=O) groups excluding carboxylic acids is 1. The molecule has 22 heavy (non-hydrogen) atoms. The number of pyridine rings is 1. The summed E-state index contributed by atoms with van der Waals surface area (Å²) < 4.78 is 7.03. The average molecular weight is 302 g/mol. The summed E-state index contributed by atoms with van der Waals surface area (Å²) in [6, 6.07) is 3.66. The summed E-state index contributed by atoms with van der Waals surface area (Å²) >= 11 is 0. The summed E-state index contributed by atoms with van der Waals surface area (Å²) in [7, 11) is 1.50. The van der Waals surface area contributed by atoms with E-state index in [1.807, 2.05) is 11.6 Å². The summed E-state index contributed by atoms with van der Waals surface area (Å²) in [5.41, 5.74) is 1.34. The van der Waals surface area contributed by atoms with Crippen molar-refractivity contribution in [3.05, 3.63) is 35.7 Å². The minimum atomic E-state index is -0.249. The number of rotatable bonds is 6. The van der Waals surface area contributed by atoms with Crippen LogP contribution in [0.4, 0.5) is 5.82 Å². The van der Waals surface area contributed by atoms with E-state index in [-0.39, 0.29) is 11.9 Å². The lowest BCUT2D eigenvalue weighted by atomic mass is 10.2. The molecule has 2 aromatic rings. The standard InChI is InChI=1S/C16H22N4O2/c1-5-12(6-2)20-14(11(3)10-18-20)19-15(21)13-8-7-9-17-16(13)22-4/h7-10,12H,5-6H2,1-4H3,(H,19,21). The largest absolute Gasteiger partial charge is 0.480 e. The molecule has 1 N–H and O–H groups in total. The highest BCUT2D eigenvalue weighted by molar-refractivity contribution is 6.05. The minimum absolute atomic E-state index is 0.249. The molecule has 0 aliphatic heterocycles. The predicted molar refractivity (Wildman–Crippen MR) is 85.3 cm³/mol. The number of nitrogens with zero attached hydrogens (tertiary/aromatic N) is 3. The van der Waals surface area contributed by atoms with Gasteiger partial charge in [-0.1, -0.05) is 13.8 Å². The third kappa shape index (κ3) is 3.10. The maximum atomic E-state index is 12.5. The van der Waals surface area contributed by atoms with Crippen molar-refractivity contribution in [1.82, 2.24) is 14.8 Å². The van der Waals surface area contributed by atoms with Gasteiger partial charge in [-0.2, -0.15) is 5.10 Å². The van der Waals surface area contributed by atoms with Crippen molar-refractivity contribution in [3.63, 3.8) is 0 Å². The molecule has 2 rings (SSSR count). The van der Waals surface area contributed by atoms with Gasteiger partial charge in [-0.15, -0.1) is 0 Å². The van der Waals surface area contributed by atoms with Gasteiger partial charge in [0.05, 0.1) is 19.3 Å². The molecule has 6 heteroatoms. The van der Waals surface area contributed by atoms with Gasteiger partial charge in [-0.3, -0.25) is 4.79 Å². The number of hydrogen-bond donors (Lipinski definition) is 1. The van der Waals surface area contributed by atoms with Crippen LogP contribution in [0.25, 0.3) is 0 Å². The summed E-state index contributed by atoms with van der Waals surface area (Å²) in [5, 5.41) is 7.34. The van der Waals surface area contributed by atoms with E-state index >= 15 is 0 Å².